The average Bonchev–Trinajstić information content (AvgIpc) is 2.78. The van der Waals surface area contributed by atoms with Crippen molar-refractivity contribution in [2.24, 2.45) is 0 Å². The SMILES string of the molecule is CCOc1ccccc1NC=C1C(=O)c2ccccc2N(Cc2ccccc2)S1(=O)=O. The summed E-state index contributed by atoms with van der Waals surface area (Å²) in [5, 5.41) is 2.96. The molecule has 0 radical (unpaired) electrons. The van der Waals surface area contributed by atoms with Gasteiger partial charge in [0.15, 0.2) is 4.91 Å². The van der Waals surface area contributed by atoms with Crippen LogP contribution >= 0.6 is 0 Å². The third-order valence-corrected chi connectivity index (χ3v) is 6.69. The highest BCUT2D eigenvalue weighted by Gasteiger charge is 2.40. The molecule has 31 heavy (non-hydrogen) atoms. The maximum atomic E-state index is 13.5. The van der Waals surface area contributed by atoms with E-state index in [1.807, 2.05) is 43.3 Å². The van der Waals surface area contributed by atoms with E-state index in [4.69, 9.17) is 4.74 Å². The first kappa shape index (κ1) is 20.7. The quantitative estimate of drug-likeness (QED) is 0.575. The van der Waals surface area contributed by atoms with Crippen molar-refractivity contribution in [3.63, 3.8) is 0 Å². The first-order valence-electron chi connectivity index (χ1n) is 9.91. The number of para-hydroxylation sites is 3. The number of anilines is 2. The minimum atomic E-state index is -4.08. The van der Waals surface area contributed by atoms with Crippen LogP contribution in [-0.2, 0) is 16.6 Å². The standard InChI is InChI=1S/C24H22N2O4S/c1-2-30-22-15-9-7-13-20(22)25-16-23-24(27)19-12-6-8-14-21(19)26(31(23,28)29)17-18-10-4-3-5-11-18/h3-16,25H,2,17H2,1H3. The first-order valence-corrected chi connectivity index (χ1v) is 11.4. The summed E-state index contributed by atoms with van der Waals surface area (Å²) in [5.41, 5.74) is 2.13. The van der Waals surface area contributed by atoms with E-state index in [0.29, 0.717) is 29.3 Å². The Morgan fingerprint density at radius 1 is 0.935 bits per heavy atom. The Morgan fingerprint density at radius 3 is 2.39 bits per heavy atom. The molecule has 1 N–H and O–H groups in total. The molecule has 0 saturated heterocycles. The van der Waals surface area contributed by atoms with Gasteiger partial charge in [0.2, 0.25) is 5.78 Å². The number of benzene rings is 3. The number of nitrogens with one attached hydrogen (secondary N) is 1. The molecule has 6 nitrogen and oxygen atoms in total. The number of nitrogens with zero attached hydrogens (tertiary/aromatic N) is 1. The molecule has 0 saturated carbocycles. The van der Waals surface area contributed by atoms with Gasteiger partial charge in [-0.2, -0.15) is 0 Å². The van der Waals surface area contributed by atoms with Crippen LogP contribution in [0.2, 0.25) is 0 Å². The van der Waals surface area contributed by atoms with Gasteiger partial charge in [-0.05, 0) is 36.8 Å². The summed E-state index contributed by atoms with van der Waals surface area (Å²) in [6.07, 6.45) is 1.25. The molecule has 0 atom stereocenters. The van der Waals surface area contributed by atoms with Crippen LogP contribution in [0.3, 0.4) is 0 Å². The van der Waals surface area contributed by atoms with E-state index in [1.165, 1.54) is 10.5 Å². The fraction of sp³-hybridized carbons (Fsp3) is 0.125. The lowest BCUT2D eigenvalue weighted by Crippen LogP contribution is -2.39. The second-order valence-corrected chi connectivity index (χ2v) is 8.76. The summed E-state index contributed by atoms with van der Waals surface area (Å²) in [4.78, 5) is 12.8. The molecule has 1 aliphatic rings. The first-order chi connectivity index (χ1) is 15.0. The van der Waals surface area contributed by atoms with Crippen molar-refractivity contribution in [3.05, 3.63) is 101 Å². The number of Topliss-reactive ketones (excluding diaryl/α,β-unsaturated/α-hetero) is 1. The number of carbonyl (C=O) groups excluding carboxylic acids is 1. The van der Waals surface area contributed by atoms with Crippen LogP contribution in [0, 0.1) is 0 Å². The Labute approximate surface area is 181 Å². The van der Waals surface area contributed by atoms with Gasteiger partial charge < -0.3 is 10.1 Å². The second-order valence-electron chi connectivity index (χ2n) is 6.93. The minimum Gasteiger partial charge on any atom is -0.492 e. The normalized spacial score (nSPS) is 16.1. The molecule has 0 unspecified atom stereocenters. The van der Waals surface area contributed by atoms with E-state index in [0.717, 1.165) is 5.56 Å². The largest absolute Gasteiger partial charge is 0.492 e. The van der Waals surface area contributed by atoms with E-state index in [9.17, 15) is 13.2 Å². The zero-order chi connectivity index (χ0) is 21.8. The van der Waals surface area contributed by atoms with Crippen LogP contribution in [0.25, 0.3) is 0 Å². The molecule has 158 valence electrons. The third-order valence-electron chi connectivity index (χ3n) is 4.92. The molecule has 0 amide bonds. The van der Waals surface area contributed by atoms with Crippen LogP contribution < -0.4 is 14.4 Å². The Kier molecular flexibility index (Phi) is 5.77. The molecule has 0 aliphatic carbocycles. The van der Waals surface area contributed by atoms with Crippen molar-refractivity contribution in [2.45, 2.75) is 13.5 Å². The second kappa shape index (κ2) is 8.65. The highest BCUT2D eigenvalue weighted by atomic mass is 32.2. The van der Waals surface area contributed by atoms with Crippen LogP contribution in [0.1, 0.15) is 22.8 Å². The minimum absolute atomic E-state index is 0.125. The lowest BCUT2D eigenvalue weighted by Gasteiger charge is -2.31. The average molecular weight is 435 g/mol. The Balaban J connectivity index is 1.77. The molecule has 4 rings (SSSR count). The summed E-state index contributed by atoms with van der Waals surface area (Å²) in [6, 6.07) is 23.2. The lowest BCUT2D eigenvalue weighted by atomic mass is 10.1. The summed E-state index contributed by atoms with van der Waals surface area (Å²) < 4.78 is 33.8. The molecule has 0 bridgehead atoms. The molecule has 1 heterocycles. The van der Waals surface area contributed by atoms with E-state index in [2.05, 4.69) is 5.32 Å². The van der Waals surface area contributed by atoms with Gasteiger partial charge in [0.1, 0.15) is 5.75 Å². The molecular formula is C24H22N2O4S. The van der Waals surface area contributed by atoms with Crippen molar-refractivity contribution in [1.29, 1.82) is 0 Å². The van der Waals surface area contributed by atoms with E-state index in [-0.39, 0.29) is 11.4 Å². The highest BCUT2D eigenvalue weighted by molar-refractivity contribution is 7.97. The summed E-state index contributed by atoms with van der Waals surface area (Å²) in [5.74, 6) is 0.0327. The van der Waals surface area contributed by atoms with Gasteiger partial charge in [0.25, 0.3) is 10.0 Å². The van der Waals surface area contributed by atoms with E-state index >= 15 is 0 Å². The van der Waals surface area contributed by atoms with Gasteiger partial charge in [-0.3, -0.25) is 9.10 Å². The zero-order valence-electron chi connectivity index (χ0n) is 17.0. The fourth-order valence-corrected chi connectivity index (χ4v) is 4.98. The molecule has 3 aromatic rings. The maximum Gasteiger partial charge on any atom is 0.270 e. The number of ketones is 1. The van der Waals surface area contributed by atoms with E-state index in [1.54, 1.807) is 42.5 Å². The number of fused-ring (bicyclic) bond motifs is 1. The van der Waals surface area contributed by atoms with Crippen LogP contribution in [0.4, 0.5) is 11.4 Å². The predicted octanol–water partition coefficient (Wildman–Crippen LogP) is 4.57. The Hall–Kier alpha value is -3.58. The summed E-state index contributed by atoms with van der Waals surface area (Å²) >= 11 is 0. The van der Waals surface area contributed by atoms with Gasteiger partial charge in [0, 0.05) is 11.8 Å². The molecule has 0 fully saturated rings. The van der Waals surface area contributed by atoms with Crippen molar-refractivity contribution in [3.8, 4) is 5.75 Å². The predicted molar refractivity (Wildman–Crippen MR) is 122 cm³/mol. The van der Waals surface area contributed by atoms with Crippen LogP contribution in [0.5, 0.6) is 5.75 Å². The molecule has 0 aromatic heterocycles. The topological polar surface area (TPSA) is 75.7 Å². The summed E-state index contributed by atoms with van der Waals surface area (Å²) in [6.45, 7) is 2.45. The molecule has 0 spiro atoms. The number of ether oxygens (including phenoxy) is 1. The smallest absolute Gasteiger partial charge is 0.270 e. The number of sulfonamides is 1. The monoisotopic (exact) mass is 434 g/mol. The molecule has 3 aromatic carbocycles. The van der Waals surface area contributed by atoms with Gasteiger partial charge in [0.05, 0.1) is 24.5 Å². The fourth-order valence-electron chi connectivity index (χ4n) is 3.45. The van der Waals surface area contributed by atoms with Gasteiger partial charge in [-0.15, -0.1) is 0 Å². The van der Waals surface area contributed by atoms with Crippen molar-refractivity contribution < 1.29 is 17.9 Å². The number of rotatable bonds is 6. The molecule has 1 aliphatic heterocycles. The zero-order valence-corrected chi connectivity index (χ0v) is 17.8. The number of hydrogen-bond donors (Lipinski definition) is 1. The molecular weight excluding hydrogens is 412 g/mol. The van der Waals surface area contributed by atoms with Crippen LogP contribution in [0.15, 0.2) is 90.0 Å². The molecule has 7 heteroatoms. The third kappa shape index (κ3) is 4.04. The Bertz CT molecular complexity index is 1240. The van der Waals surface area contributed by atoms with Gasteiger partial charge in [-0.25, -0.2) is 8.42 Å². The van der Waals surface area contributed by atoms with Crippen LogP contribution in [-0.4, -0.2) is 20.8 Å². The number of hydrogen-bond acceptors (Lipinski definition) is 5. The van der Waals surface area contributed by atoms with Crippen molar-refractivity contribution in [2.75, 3.05) is 16.2 Å². The Morgan fingerprint density at radius 2 is 1.61 bits per heavy atom. The van der Waals surface area contributed by atoms with Gasteiger partial charge >= 0.3 is 0 Å². The summed E-state index contributed by atoms with van der Waals surface area (Å²) in [7, 11) is -4.08. The maximum absolute atomic E-state index is 13.5. The van der Waals surface area contributed by atoms with Crippen molar-refractivity contribution in [1.82, 2.24) is 0 Å². The number of carbonyl (C=O) groups is 1. The number of allylic oxidation sites excluding steroid dienone is 1. The lowest BCUT2D eigenvalue weighted by molar-refractivity contribution is 0.104. The van der Waals surface area contributed by atoms with E-state index < -0.39 is 15.8 Å². The van der Waals surface area contributed by atoms with Crippen molar-refractivity contribution >= 4 is 27.2 Å². The highest BCUT2D eigenvalue weighted by Crippen LogP contribution is 2.36. The van der Waals surface area contributed by atoms with Gasteiger partial charge in [-0.1, -0.05) is 54.6 Å².